The zero-order valence-corrected chi connectivity index (χ0v) is 13.6. The van der Waals surface area contributed by atoms with Crippen LogP contribution in [0.25, 0.3) is 11.0 Å². The third kappa shape index (κ3) is 3.32. The summed E-state index contributed by atoms with van der Waals surface area (Å²) in [5.41, 5.74) is 3.44. The second-order valence-electron chi connectivity index (χ2n) is 6.56. The summed E-state index contributed by atoms with van der Waals surface area (Å²) < 4.78 is 5.33. The molecule has 0 unspecified atom stereocenters. The Morgan fingerprint density at radius 3 is 2.70 bits per heavy atom. The fourth-order valence-corrected chi connectivity index (χ4v) is 3.26. The van der Waals surface area contributed by atoms with Crippen molar-refractivity contribution in [2.45, 2.75) is 32.9 Å². The molecule has 1 aliphatic heterocycles. The highest BCUT2D eigenvalue weighted by Crippen LogP contribution is 2.24. The van der Waals surface area contributed by atoms with Gasteiger partial charge in [0.05, 0.1) is 6.10 Å². The van der Waals surface area contributed by atoms with Crippen molar-refractivity contribution >= 4 is 11.0 Å². The summed E-state index contributed by atoms with van der Waals surface area (Å²) in [6, 6.07) is 5.50. The minimum atomic E-state index is -0.524. The van der Waals surface area contributed by atoms with Crippen molar-refractivity contribution in [2.24, 2.45) is 5.92 Å². The van der Waals surface area contributed by atoms with Crippen molar-refractivity contribution in [3.8, 4) is 0 Å². The Morgan fingerprint density at radius 2 is 2.00 bits per heavy atom. The number of hydrogen-bond acceptors (Lipinski definition) is 5. The van der Waals surface area contributed by atoms with E-state index in [1.165, 1.54) is 0 Å². The Labute approximate surface area is 135 Å². The summed E-state index contributed by atoms with van der Waals surface area (Å²) in [5.74, 6) is -0.0475. The van der Waals surface area contributed by atoms with Crippen LogP contribution in [0.3, 0.4) is 0 Å². The number of rotatable bonds is 3. The minimum absolute atomic E-state index is 0.0192. The molecule has 0 saturated carbocycles. The predicted molar refractivity (Wildman–Crippen MR) is 88.4 cm³/mol. The number of β-amino-alcohol motifs (C(OH)–C–C–N with tert-alkyl or cyclic N) is 1. The first-order chi connectivity index (χ1) is 11.0. The van der Waals surface area contributed by atoms with E-state index in [1.807, 2.05) is 19.9 Å². The van der Waals surface area contributed by atoms with Crippen LogP contribution in [0, 0.1) is 19.8 Å². The van der Waals surface area contributed by atoms with Gasteiger partial charge in [0.25, 0.3) is 0 Å². The van der Waals surface area contributed by atoms with Crippen LogP contribution in [0.4, 0.5) is 0 Å². The lowest BCUT2D eigenvalue weighted by Gasteiger charge is -2.35. The maximum atomic E-state index is 11.8. The van der Waals surface area contributed by atoms with Crippen LogP contribution in [0.5, 0.6) is 0 Å². The summed E-state index contributed by atoms with van der Waals surface area (Å²) in [5, 5.41) is 20.3. The van der Waals surface area contributed by atoms with Crippen LogP contribution in [-0.2, 0) is 6.54 Å². The zero-order valence-electron chi connectivity index (χ0n) is 13.6. The van der Waals surface area contributed by atoms with E-state index < -0.39 is 6.10 Å². The van der Waals surface area contributed by atoms with Gasteiger partial charge in [0.15, 0.2) is 0 Å². The molecule has 2 N–H and O–H groups in total. The Kier molecular flexibility index (Phi) is 4.53. The lowest BCUT2D eigenvalue weighted by atomic mass is 9.94. The lowest BCUT2D eigenvalue weighted by molar-refractivity contribution is -0.00434. The normalized spacial score (nSPS) is 22.6. The molecular weight excluding hydrogens is 294 g/mol. The molecule has 1 aliphatic rings. The van der Waals surface area contributed by atoms with Crippen LogP contribution >= 0.6 is 0 Å². The van der Waals surface area contributed by atoms with Gasteiger partial charge >= 0.3 is 5.63 Å². The van der Waals surface area contributed by atoms with E-state index in [0.29, 0.717) is 18.7 Å². The van der Waals surface area contributed by atoms with Crippen molar-refractivity contribution in [1.82, 2.24) is 4.90 Å². The predicted octanol–water partition coefficient (Wildman–Crippen LogP) is 1.58. The number of aryl methyl sites for hydroxylation is 2. The van der Waals surface area contributed by atoms with E-state index in [0.717, 1.165) is 35.0 Å². The first kappa shape index (κ1) is 16.2. The van der Waals surface area contributed by atoms with Crippen molar-refractivity contribution in [1.29, 1.82) is 0 Å². The highest BCUT2D eigenvalue weighted by Gasteiger charge is 2.27. The van der Waals surface area contributed by atoms with Crippen LogP contribution < -0.4 is 5.63 Å². The van der Waals surface area contributed by atoms with Crippen molar-refractivity contribution < 1.29 is 14.6 Å². The fraction of sp³-hybridized carbons (Fsp3) is 0.500. The maximum Gasteiger partial charge on any atom is 0.336 e. The zero-order chi connectivity index (χ0) is 16.6. The monoisotopic (exact) mass is 317 g/mol. The third-order valence-corrected chi connectivity index (χ3v) is 4.88. The van der Waals surface area contributed by atoms with Gasteiger partial charge in [-0.25, -0.2) is 4.79 Å². The smallest absolute Gasteiger partial charge is 0.336 e. The van der Waals surface area contributed by atoms with E-state index in [-0.39, 0.29) is 18.2 Å². The van der Waals surface area contributed by atoms with Gasteiger partial charge in [-0.1, -0.05) is 0 Å². The average molecular weight is 317 g/mol. The largest absolute Gasteiger partial charge is 0.423 e. The fourth-order valence-electron chi connectivity index (χ4n) is 3.26. The molecule has 2 aromatic rings. The summed E-state index contributed by atoms with van der Waals surface area (Å²) in [6.45, 7) is 5.97. The summed E-state index contributed by atoms with van der Waals surface area (Å²) in [6.07, 6.45) is 0.235. The Bertz CT molecular complexity index is 767. The number of benzene rings is 1. The van der Waals surface area contributed by atoms with Crippen LogP contribution in [-0.4, -0.2) is 40.9 Å². The first-order valence-electron chi connectivity index (χ1n) is 8.03. The number of aliphatic hydroxyl groups is 2. The first-order valence-corrected chi connectivity index (χ1v) is 8.03. The number of hydrogen-bond donors (Lipinski definition) is 2. The van der Waals surface area contributed by atoms with E-state index in [2.05, 4.69) is 11.0 Å². The summed E-state index contributed by atoms with van der Waals surface area (Å²) in [7, 11) is 0. The molecule has 5 nitrogen and oxygen atoms in total. The topological polar surface area (TPSA) is 73.9 Å². The molecule has 3 rings (SSSR count). The van der Waals surface area contributed by atoms with Gasteiger partial charge in [-0.2, -0.15) is 0 Å². The number of fused-ring (bicyclic) bond motifs is 1. The van der Waals surface area contributed by atoms with Gasteiger partial charge < -0.3 is 14.6 Å². The van der Waals surface area contributed by atoms with Crippen molar-refractivity contribution in [3.05, 3.63) is 45.3 Å². The van der Waals surface area contributed by atoms with Gasteiger partial charge in [0.1, 0.15) is 5.58 Å². The molecule has 1 aromatic carbocycles. The van der Waals surface area contributed by atoms with Gasteiger partial charge in [-0.15, -0.1) is 0 Å². The van der Waals surface area contributed by atoms with Crippen molar-refractivity contribution in [2.75, 3.05) is 19.7 Å². The molecule has 5 heteroatoms. The van der Waals surface area contributed by atoms with E-state index >= 15 is 0 Å². The van der Waals surface area contributed by atoms with E-state index in [9.17, 15) is 15.0 Å². The van der Waals surface area contributed by atoms with E-state index in [4.69, 9.17) is 4.42 Å². The van der Waals surface area contributed by atoms with Gasteiger partial charge in [-0.3, -0.25) is 4.90 Å². The highest BCUT2D eigenvalue weighted by molar-refractivity contribution is 5.81. The van der Waals surface area contributed by atoms with Gasteiger partial charge in [0, 0.05) is 37.1 Å². The molecule has 1 fully saturated rings. The number of nitrogens with zero attached hydrogens (tertiary/aromatic N) is 1. The molecule has 0 spiro atoms. The van der Waals surface area contributed by atoms with Crippen molar-refractivity contribution in [3.63, 3.8) is 0 Å². The maximum absolute atomic E-state index is 11.8. The second kappa shape index (κ2) is 6.43. The third-order valence-electron chi connectivity index (χ3n) is 4.88. The molecule has 1 saturated heterocycles. The molecule has 2 atom stereocenters. The standard InChI is InChI=1S/C18H23NO4/c1-11-5-15-14(7-18(22)23-17(15)6-12(11)2)8-19-4-3-13(10-20)16(21)9-19/h5-7,13,16,20-21H,3-4,8-10H2,1-2H3/t13-,16-/m1/s1. The second-order valence-corrected chi connectivity index (χ2v) is 6.56. The lowest BCUT2D eigenvalue weighted by Crippen LogP contribution is -2.44. The molecule has 124 valence electrons. The van der Waals surface area contributed by atoms with Gasteiger partial charge in [0.2, 0.25) is 0 Å². The van der Waals surface area contributed by atoms with E-state index in [1.54, 1.807) is 6.07 Å². The molecule has 0 bridgehead atoms. The molecule has 23 heavy (non-hydrogen) atoms. The number of likely N-dealkylation sites (tertiary alicyclic amines) is 1. The Hall–Kier alpha value is -1.69. The van der Waals surface area contributed by atoms with Crippen LogP contribution in [0.1, 0.15) is 23.1 Å². The van der Waals surface area contributed by atoms with Gasteiger partial charge in [-0.05, 0) is 55.6 Å². The molecule has 1 aromatic heterocycles. The van der Waals surface area contributed by atoms with Crippen LogP contribution in [0.2, 0.25) is 0 Å². The highest BCUT2D eigenvalue weighted by atomic mass is 16.4. The summed E-state index contributed by atoms with van der Waals surface area (Å²) in [4.78, 5) is 14.0. The molecule has 2 heterocycles. The van der Waals surface area contributed by atoms with Crippen LogP contribution in [0.15, 0.2) is 27.4 Å². The SMILES string of the molecule is Cc1cc2oc(=O)cc(CN3CC[C@H](CO)[C@H](O)C3)c2cc1C. The molecule has 0 radical (unpaired) electrons. The molecular formula is C18H23NO4. The number of piperidine rings is 1. The molecule has 0 aliphatic carbocycles. The Morgan fingerprint density at radius 1 is 1.26 bits per heavy atom. The average Bonchev–Trinajstić information content (AvgIpc) is 2.49. The number of aliphatic hydroxyl groups excluding tert-OH is 2. The summed E-state index contributed by atoms with van der Waals surface area (Å²) >= 11 is 0. The Balaban J connectivity index is 1.91. The minimum Gasteiger partial charge on any atom is -0.423 e. The molecule has 0 amide bonds. The quantitative estimate of drug-likeness (QED) is 0.841.